The van der Waals surface area contributed by atoms with Gasteiger partial charge < -0.3 is 9.40 Å². The van der Waals surface area contributed by atoms with Crippen molar-refractivity contribution in [2.45, 2.75) is 30.0 Å². The number of rotatable bonds is 6. The van der Waals surface area contributed by atoms with Gasteiger partial charge in [0, 0.05) is 17.5 Å². The molecular formula is C12H14N4O2S2. The molecule has 6 nitrogen and oxygen atoms in total. The Morgan fingerprint density at radius 3 is 2.95 bits per heavy atom. The van der Waals surface area contributed by atoms with Crippen molar-refractivity contribution >= 4 is 23.5 Å². The van der Waals surface area contributed by atoms with Crippen LogP contribution in [0.2, 0.25) is 0 Å². The van der Waals surface area contributed by atoms with Crippen LogP contribution in [0.4, 0.5) is 0 Å². The number of nitrogens with zero attached hydrogens (tertiary/aromatic N) is 3. The van der Waals surface area contributed by atoms with Crippen molar-refractivity contribution in [3.8, 4) is 0 Å². The third-order valence-electron chi connectivity index (χ3n) is 2.07. The SMILES string of the molecule is C=C(C)CSc1nnc(CSc2nc(C)cc(=O)[nH]2)o1. The molecule has 0 saturated carbocycles. The summed E-state index contributed by atoms with van der Waals surface area (Å²) < 4.78 is 5.48. The summed E-state index contributed by atoms with van der Waals surface area (Å²) in [6, 6.07) is 1.45. The minimum absolute atomic E-state index is 0.164. The predicted molar refractivity (Wildman–Crippen MR) is 79.0 cm³/mol. The van der Waals surface area contributed by atoms with Crippen molar-refractivity contribution < 1.29 is 4.42 Å². The minimum atomic E-state index is -0.164. The first-order valence-electron chi connectivity index (χ1n) is 5.83. The van der Waals surface area contributed by atoms with Crippen molar-refractivity contribution in [1.82, 2.24) is 20.2 Å². The summed E-state index contributed by atoms with van der Waals surface area (Å²) in [7, 11) is 0. The highest BCUT2D eigenvalue weighted by Crippen LogP contribution is 2.22. The molecular weight excluding hydrogens is 296 g/mol. The van der Waals surface area contributed by atoms with E-state index in [-0.39, 0.29) is 5.56 Å². The number of hydrogen-bond donors (Lipinski definition) is 1. The molecule has 0 bridgehead atoms. The molecule has 1 N–H and O–H groups in total. The Morgan fingerprint density at radius 1 is 1.45 bits per heavy atom. The fourth-order valence-corrected chi connectivity index (χ4v) is 2.67. The Hall–Kier alpha value is -1.54. The molecule has 2 aromatic rings. The largest absolute Gasteiger partial charge is 0.415 e. The van der Waals surface area contributed by atoms with E-state index in [0.717, 1.165) is 11.3 Å². The van der Waals surface area contributed by atoms with Crippen LogP contribution >= 0.6 is 23.5 Å². The molecule has 106 valence electrons. The smallest absolute Gasteiger partial charge is 0.276 e. The van der Waals surface area contributed by atoms with Crippen LogP contribution in [0.3, 0.4) is 0 Å². The molecule has 0 aromatic carbocycles. The molecule has 2 rings (SSSR count). The number of aryl methyl sites for hydroxylation is 1. The van der Waals surface area contributed by atoms with Crippen LogP contribution in [0.15, 0.2) is 37.8 Å². The molecule has 0 saturated heterocycles. The van der Waals surface area contributed by atoms with Gasteiger partial charge in [0.2, 0.25) is 5.89 Å². The van der Waals surface area contributed by atoms with Gasteiger partial charge in [0.05, 0.1) is 5.75 Å². The van der Waals surface area contributed by atoms with Crippen molar-refractivity contribution in [2.75, 3.05) is 5.75 Å². The number of H-pyrrole nitrogens is 1. The second-order valence-electron chi connectivity index (χ2n) is 4.19. The molecule has 0 unspecified atom stereocenters. The molecule has 2 heterocycles. The fourth-order valence-electron chi connectivity index (χ4n) is 1.29. The highest BCUT2D eigenvalue weighted by Gasteiger charge is 2.08. The van der Waals surface area contributed by atoms with Gasteiger partial charge in [0.1, 0.15) is 0 Å². The molecule has 0 aliphatic rings. The van der Waals surface area contributed by atoms with Crippen molar-refractivity contribution in [1.29, 1.82) is 0 Å². The van der Waals surface area contributed by atoms with E-state index < -0.39 is 0 Å². The Kier molecular flexibility index (Phi) is 5.02. The van der Waals surface area contributed by atoms with Crippen LogP contribution in [-0.4, -0.2) is 25.9 Å². The monoisotopic (exact) mass is 310 g/mol. The summed E-state index contributed by atoms with van der Waals surface area (Å²) in [5.41, 5.74) is 1.56. The fraction of sp³-hybridized carbons (Fsp3) is 0.333. The van der Waals surface area contributed by atoms with Crippen LogP contribution in [0.5, 0.6) is 0 Å². The van der Waals surface area contributed by atoms with E-state index in [2.05, 4.69) is 26.7 Å². The summed E-state index contributed by atoms with van der Waals surface area (Å²) in [5.74, 6) is 1.72. The van der Waals surface area contributed by atoms with Crippen LogP contribution < -0.4 is 5.56 Å². The molecule has 2 aromatic heterocycles. The zero-order chi connectivity index (χ0) is 14.5. The second-order valence-corrected chi connectivity index (χ2v) is 6.08. The van der Waals surface area contributed by atoms with Crippen molar-refractivity contribution in [2.24, 2.45) is 0 Å². The standard InChI is InChI=1S/C12H14N4O2S2/c1-7(2)5-20-12-16-15-10(18-12)6-19-11-13-8(3)4-9(17)14-11/h4H,1,5-6H2,2-3H3,(H,13,14,17). The number of thioether (sulfide) groups is 2. The summed E-state index contributed by atoms with van der Waals surface area (Å²) in [6.07, 6.45) is 0. The topological polar surface area (TPSA) is 84.7 Å². The van der Waals surface area contributed by atoms with E-state index in [0.29, 0.717) is 27.7 Å². The van der Waals surface area contributed by atoms with Gasteiger partial charge in [-0.05, 0) is 13.8 Å². The van der Waals surface area contributed by atoms with Gasteiger partial charge in [-0.3, -0.25) is 4.79 Å². The zero-order valence-electron chi connectivity index (χ0n) is 11.2. The number of aromatic amines is 1. The van der Waals surface area contributed by atoms with Crippen molar-refractivity contribution in [3.05, 3.63) is 40.2 Å². The molecule has 0 spiro atoms. The van der Waals surface area contributed by atoms with Crippen LogP contribution in [0.25, 0.3) is 0 Å². The molecule has 0 aliphatic heterocycles. The van der Waals surface area contributed by atoms with E-state index in [1.807, 2.05) is 6.92 Å². The maximum atomic E-state index is 11.3. The quantitative estimate of drug-likeness (QED) is 0.498. The predicted octanol–water partition coefficient (Wildman–Crippen LogP) is 2.42. The summed E-state index contributed by atoms with van der Waals surface area (Å²) in [4.78, 5) is 18.2. The van der Waals surface area contributed by atoms with Crippen LogP contribution in [0.1, 0.15) is 18.5 Å². The third kappa shape index (κ3) is 4.53. The maximum Gasteiger partial charge on any atom is 0.276 e. The van der Waals surface area contributed by atoms with Gasteiger partial charge >= 0.3 is 0 Å². The molecule has 0 atom stereocenters. The van der Waals surface area contributed by atoms with Gasteiger partial charge in [0.25, 0.3) is 10.8 Å². The number of nitrogens with one attached hydrogen (secondary N) is 1. The van der Waals surface area contributed by atoms with Gasteiger partial charge in [-0.25, -0.2) is 4.98 Å². The van der Waals surface area contributed by atoms with E-state index in [1.54, 1.807) is 6.92 Å². The Labute approximate surface area is 124 Å². The maximum absolute atomic E-state index is 11.3. The van der Waals surface area contributed by atoms with E-state index in [9.17, 15) is 4.79 Å². The Balaban J connectivity index is 1.93. The third-order valence-corrected chi connectivity index (χ3v) is 3.98. The summed E-state index contributed by atoms with van der Waals surface area (Å²) >= 11 is 2.80. The minimum Gasteiger partial charge on any atom is -0.415 e. The zero-order valence-corrected chi connectivity index (χ0v) is 12.8. The highest BCUT2D eigenvalue weighted by molar-refractivity contribution is 7.99. The number of hydrogen-bond acceptors (Lipinski definition) is 7. The Morgan fingerprint density at radius 2 is 2.25 bits per heavy atom. The summed E-state index contributed by atoms with van der Waals surface area (Å²) in [6.45, 7) is 7.53. The first kappa shape index (κ1) is 14.9. The lowest BCUT2D eigenvalue weighted by Crippen LogP contribution is -2.08. The van der Waals surface area contributed by atoms with Gasteiger partial charge in [-0.15, -0.1) is 10.2 Å². The first-order valence-corrected chi connectivity index (χ1v) is 7.80. The average Bonchev–Trinajstić information content (AvgIpc) is 2.81. The lowest BCUT2D eigenvalue weighted by atomic mass is 10.4. The average molecular weight is 310 g/mol. The van der Waals surface area contributed by atoms with Gasteiger partial charge in [-0.1, -0.05) is 35.7 Å². The van der Waals surface area contributed by atoms with E-state index >= 15 is 0 Å². The van der Waals surface area contributed by atoms with E-state index in [4.69, 9.17) is 4.42 Å². The molecule has 0 amide bonds. The molecule has 8 heteroatoms. The van der Waals surface area contributed by atoms with Crippen LogP contribution in [0, 0.1) is 6.92 Å². The van der Waals surface area contributed by atoms with E-state index in [1.165, 1.54) is 29.6 Å². The number of aromatic nitrogens is 4. The summed E-state index contributed by atoms with van der Waals surface area (Å²) in [5, 5.41) is 8.95. The normalized spacial score (nSPS) is 10.7. The highest BCUT2D eigenvalue weighted by atomic mass is 32.2. The van der Waals surface area contributed by atoms with Crippen molar-refractivity contribution in [3.63, 3.8) is 0 Å². The van der Waals surface area contributed by atoms with Gasteiger partial charge in [-0.2, -0.15) is 0 Å². The second kappa shape index (κ2) is 6.76. The molecule has 0 fully saturated rings. The molecule has 0 radical (unpaired) electrons. The molecule has 0 aliphatic carbocycles. The van der Waals surface area contributed by atoms with Gasteiger partial charge in [0.15, 0.2) is 5.16 Å². The first-order chi connectivity index (χ1) is 9.52. The Bertz CT molecular complexity index is 665. The lowest BCUT2D eigenvalue weighted by molar-refractivity contribution is 0.426. The lowest BCUT2D eigenvalue weighted by Gasteiger charge is -1.98. The van der Waals surface area contributed by atoms with Crippen LogP contribution in [-0.2, 0) is 5.75 Å². The molecule has 20 heavy (non-hydrogen) atoms.